The van der Waals surface area contributed by atoms with Crippen LogP contribution in [-0.2, 0) is 23.5 Å². The number of aromatic nitrogens is 5. The number of piperidine rings is 1. The van der Waals surface area contributed by atoms with Crippen molar-refractivity contribution >= 4 is 21.4 Å². The van der Waals surface area contributed by atoms with E-state index in [0.29, 0.717) is 31.2 Å². The first-order valence-corrected chi connectivity index (χ1v) is 11.4. The Balaban J connectivity index is 1.45. The Morgan fingerprint density at radius 3 is 2.68 bits per heavy atom. The summed E-state index contributed by atoms with van der Waals surface area (Å²) < 4.78 is 30.5. The van der Waals surface area contributed by atoms with Gasteiger partial charge in [-0.15, -0.1) is 11.3 Å². The fourth-order valence-electron chi connectivity index (χ4n) is 3.49. The highest BCUT2D eigenvalue weighted by Gasteiger charge is 2.32. The predicted octanol–water partition coefficient (Wildman–Crippen LogP) is 1.31. The van der Waals surface area contributed by atoms with Crippen molar-refractivity contribution in [3.05, 3.63) is 45.8 Å². The second kappa shape index (κ2) is 7.30. The topological polar surface area (TPSA) is 106 Å². The zero-order valence-corrected chi connectivity index (χ0v) is 17.3. The molecule has 1 aliphatic rings. The van der Waals surface area contributed by atoms with Gasteiger partial charge in [-0.05, 0) is 43.2 Å². The van der Waals surface area contributed by atoms with Crippen molar-refractivity contribution in [2.75, 3.05) is 13.1 Å². The Morgan fingerprint density at radius 2 is 2.07 bits per heavy atom. The van der Waals surface area contributed by atoms with E-state index in [9.17, 15) is 13.2 Å². The number of aryl methyl sites for hydroxylation is 2. The van der Waals surface area contributed by atoms with Crippen molar-refractivity contribution in [1.82, 2.24) is 28.6 Å². The monoisotopic (exact) mass is 422 g/mol. The lowest BCUT2D eigenvalue weighted by Crippen LogP contribution is -2.39. The summed E-state index contributed by atoms with van der Waals surface area (Å²) in [6, 6.07) is 3.78. The summed E-state index contributed by atoms with van der Waals surface area (Å²) in [6.45, 7) is 2.66. The summed E-state index contributed by atoms with van der Waals surface area (Å²) in [6.07, 6.45) is 3.63. The molecule has 4 rings (SSSR count). The van der Waals surface area contributed by atoms with Gasteiger partial charge in [0.25, 0.3) is 10.0 Å². The van der Waals surface area contributed by atoms with Crippen LogP contribution in [0.3, 0.4) is 0 Å². The second-order valence-electron chi connectivity index (χ2n) is 7.02. The fraction of sp³-hybridized carbons (Fsp3) is 0.471. The molecule has 9 nitrogen and oxygen atoms in total. The zero-order chi connectivity index (χ0) is 19.9. The maximum Gasteiger partial charge on any atom is 0.348 e. The van der Waals surface area contributed by atoms with Gasteiger partial charge in [-0.1, -0.05) is 0 Å². The molecule has 28 heavy (non-hydrogen) atoms. The van der Waals surface area contributed by atoms with Crippen molar-refractivity contribution in [1.29, 1.82) is 0 Å². The molecule has 0 bridgehead atoms. The first-order chi connectivity index (χ1) is 13.4. The van der Waals surface area contributed by atoms with Gasteiger partial charge in [0.2, 0.25) is 0 Å². The van der Waals surface area contributed by atoms with Crippen LogP contribution in [0.15, 0.2) is 33.5 Å². The third-order valence-corrected chi connectivity index (χ3v) is 7.83. The molecular weight excluding hydrogens is 400 g/mol. The predicted molar refractivity (Wildman–Crippen MR) is 105 cm³/mol. The first-order valence-electron chi connectivity index (χ1n) is 9.06. The van der Waals surface area contributed by atoms with Crippen molar-refractivity contribution in [3.63, 3.8) is 0 Å². The maximum atomic E-state index is 12.8. The summed E-state index contributed by atoms with van der Waals surface area (Å²) in [5.74, 6) is 1.62. The van der Waals surface area contributed by atoms with Crippen molar-refractivity contribution < 1.29 is 8.42 Å². The van der Waals surface area contributed by atoms with Crippen LogP contribution in [-0.4, -0.2) is 50.1 Å². The molecule has 1 fully saturated rings. The molecule has 0 amide bonds. The van der Waals surface area contributed by atoms with Crippen LogP contribution >= 0.6 is 11.3 Å². The lowest BCUT2D eigenvalue weighted by Gasteiger charge is -2.30. The second-order valence-corrected chi connectivity index (χ2v) is 9.83. The summed E-state index contributed by atoms with van der Waals surface area (Å²) in [4.78, 5) is 16.3. The maximum absolute atomic E-state index is 12.8. The highest BCUT2D eigenvalue weighted by Crippen LogP contribution is 2.26. The summed E-state index contributed by atoms with van der Waals surface area (Å²) >= 11 is 1.48. The van der Waals surface area contributed by atoms with Crippen molar-refractivity contribution in [2.45, 2.75) is 31.2 Å². The van der Waals surface area contributed by atoms with Crippen LogP contribution in [0.25, 0.3) is 5.00 Å². The van der Waals surface area contributed by atoms with Crippen molar-refractivity contribution in [2.24, 2.45) is 13.0 Å². The number of nitrogens with one attached hydrogen (secondary N) is 1. The molecule has 4 heterocycles. The summed E-state index contributed by atoms with van der Waals surface area (Å²) in [5, 5.41) is 9.56. The van der Waals surface area contributed by atoms with Crippen LogP contribution in [0.4, 0.5) is 0 Å². The Hall–Kier alpha value is -2.24. The van der Waals surface area contributed by atoms with Gasteiger partial charge < -0.3 is 4.57 Å². The fourth-order valence-corrected chi connectivity index (χ4v) is 5.73. The molecule has 0 aliphatic carbocycles. The minimum Gasteiger partial charge on any atom is -0.337 e. The van der Waals surface area contributed by atoms with Gasteiger partial charge in [0.1, 0.15) is 16.6 Å². The first kappa shape index (κ1) is 19.1. The van der Waals surface area contributed by atoms with E-state index in [2.05, 4.69) is 15.2 Å². The average molecular weight is 423 g/mol. The van der Waals surface area contributed by atoms with Crippen LogP contribution < -0.4 is 5.69 Å². The number of thiophene rings is 1. The quantitative estimate of drug-likeness (QED) is 0.667. The van der Waals surface area contributed by atoms with Crippen LogP contribution in [0.5, 0.6) is 0 Å². The van der Waals surface area contributed by atoms with E-state index in [1.54, 1.807) is 29.3 Å². The van der Waals surface area contributed by atoms with Gasteiger partial charge in [-0.25, -0.2) is 27.9 Å². The van der Waals surface area contributed by atoms with Gasteiger partial charge in [-0.2, -0.15) is 9.40 Å². The SMILES string of the molecule is Cc1nc(S(=O)(=O)N2CCC(Cc3n[nH]c(=O)n3-c3cccs3)CC2)cn1C. The third-order valence-electron chi connectivity index (χ3n) is 5.20. The number of hydrogen-bond acceptors (Lipinski definition) is 6. The Morgan fingerprint density at radius 1 is 1.32 bits per heavy atom. The van der Waals surface area contributed by atoms with E-state index in [1.807, 2.05) is 17.5 Å². The van der Waals surface area contributed by atoms with Crippen LogP contribution in [0.2, 0.25) is 0 Å². The molecule has 3 aromatic rings. The number of aromatic amines is 1. The Bertz CT molecular complexity index is 1100. The molecule has 0 atom stereocenters. The van der Waals surface area contributed by atoms with E-state index in [-0.39, 0.29) is 16.6 Å². The highest BCUT2D eigenvalue weighted by atomic mass is 32.2. The van der Waals surface area contributed by atoms with E-state index >= 15 is 0 Å². The molecule has 0 aromatic carbocycles. The van der Waals surface area contributed by atoms with Gasteiger partial charge in [0.05, 0.1) is 0 Å². The van der Waals surface area contributed by atoms with Gasteiger partial charge in [-0.3, -0.25) is 0 Å². The standard InChI is InChI=1S/C17H22N6O3S2/c1-12-18-15(11-21(12)2)28(25,26)22-7-5-13(6-8-22)10-14-19-20-17(24)23(14)16-4-3-9-27-16/h3-4,9,11,13H,5-8,10H2,1-2H3,(H,20,24). The molecule has 3 aromatic heterocycles. The van der Waals surface area contributed by atoms with E-state index < -0.39 is 10.0 Å². The summed E-state index contributed by atoms with van der Waals surface area (Å²) in [5.41, 5.74) is -0.247. The summed E-state index contributed by atoms with van der Waals surface area (Å²) in [7, 11) is -1.79. The number of rotatable bonds is 5. The minimum absolute atomic E-state index is 0.102. The molecular formula is C17H22N6O3S2. The number of imidazole rings is 1. The lowest BCUT2D eigenvalue weighted by atomic mass is 9.94. The van der Waals surface area contributed by atoms with E-state index in [4.69, 9.17) is 0 Å². The van der Waals surface area contributed by atoms with Crippen molar-refractivity contribution in [3.8, 4) is 5.00 Å². The third kappa shape index (κ3) is 3.45. The normalized spacial score (nSPS) is 16.6. The molecule has 150 valence electrons. The molecule has 1 N–H and O–H groups in total. The molecule has 0 spiro atoms. The van der Waals surface area contributed by atoms with E-state index in [0.717, 1.165) is 17.8 Å². The molecule has 0 unspecified atom stereocenters. The number of sulfonamides is 1. The molecule has 0 saturated carbocycles. The van der Waals surface area contributed by atoms with Gasteiger partial charge >= 0.3 is 5.69 Å². The molecule has 1 aliphatic heterocycles. The molecule has 0 radical (unpaired) electrons. The largest absolute Gasteiger partial charge is 0.348 e. The van der Waals surface area contributed by atoms with Crippen LogP contribution in [0.1, 0.15) is 24.5 Å². The van der Waals surface area contributed by atoms with Crippen LogP contribution in [0, 0.1) is 12.8 Å². The molecule has 11 heteroatoms. The smallest absolute Gasteiger partial charge is 0.337 e. The minimum atomic E-state index is -3.57. The number of hydrogen-bond donors (Lipinski definition) is 1. The Kier molecular flexibility index (Phi) is 4.98. The number of nitrogens with zero attached hydrogens (tertiary/aromatic N) is 5. The Labute approximate surface area is 166 Å². The highest BCUT2D eigenvalue weighted by molar-refractivity contribution is 7.89. The van der Waals surface area contributed by atoms with E-state index in [1.165, 1.54) is 15.6 Å². The average Bonchev–Trinajstić information content (AvgIpc) is 3.38. The molecule has 1 saturated heterocycles. The lowest BCUT2D eigenvalue weighted by molar-refractivity contribution is 0.269. The zero-order valence-electron chi connectivity index (χ0n) is 15.7. The van der Waals surface area contributed by atoms with Gasteiger partial charge in [0, 0.05) is 32.8 Å². The van der Waals surface area contributed by atoms with Gasteiger partial charge in [0.15, 0.2) is 5.03 Å². The number of H-pyrrole nitrogens is 1.